The van der Waals surface area contributed by atoms with Crippen molar-refractivity contribution in [3.8, 4) is 0 Å². The number of hydrogen-bond donors (Lipinski definition) is 14. The van der Waals surface area contributed by atoms with E-state index in [1.54, 1.807) is 0 Å². The first-order chi connectivity index (χ1) is 21.3. The number of hydrogen-bond acceptors (Lipinski definition) is 21. The molecule has 0 aliphatic carbocycles. The second-order valence-electron chi connectivity index (χ2n) is 11.1. The Morgan fingerprint density at radius 3 is 1.02 bits per heavy atom. The van der Waals surface area contributed by atoms with Crippen LogP contribution in [0.3, 0.4) is 0 Å². The third-order valence-electron chi connectivity index (χ3n) is 8.20. The highest BCUT2D eigenvalue weighted by Gasteiger charge is 2.55. The maximum absolute atomic E-state index is 10.9. The predicted molar refractivity (Wildman–Crippen MR) is 134 cm³/mol. The van der Waals surface area contributed by atoms with Gasteiger partial charge in [-0.3, -0.25) is 0 Å². The fourth-order valence-corrected chi connectivity index (χ4v) is 5.55. The summed E-state index contributed by atoms with van der Waals surface area (Å²) in [6, 6.07) is 0. The summed E-state index contributed by atoms with van der Waals surface area (Å²) >= 11 is 0. The van der Waals surface area contributed by atoms with Crippen LogP contribution in [0.25, 0.3) is 0 Å². The van der Waals surface area contributed by atoms with E-state index in [0.29, 0.717) is 0 Å². The molecule has 0 aromatic rings. The van der Waals surface area contributed by atoms with Gasteiger partial charge in [0.15, 0.2) is 25.2 Å². The van der Waals surface area contributed by atoms with E-state index in [1.807, 2.05) is 0 Å². The molecule has 264 valence electrons. The third-order valence-corrected chi connectivity index (χ3v) is 8.20. The molecule has 4 aliphatic rings. The zero-order valence-electron chi connectivity index (χ0n) is 23.5. The summed E-state index contributed by atoms with van der Waals surface area (Å²) in [4.78, 5) is 0. The van der Waals surface area contributed by atoms with E-state index < -0.39 is 149 Å². The van der Waals surface area contributed by atoms with E-state index in [2.05, 4.69) is 0 Å². The Bertz CT molecular complexity index is 910. The van der Waals surface area contributed by atoms with Crippen LogP contribution in [0.15, 0.2) is 0 Å². The highest BCUT2D eigenvalue weighted by molar-refractivity contribution is 4.97. The standard InChI is InChI=1S/C24H42O21/c25-1-5-9(29)10(30)15(35)22(40-5)44-19-7(3-27)42-24(17(37)12(19)32)45-20-8(4-28)41-23(16(36)13(20)33)43-18-6(2-26)39-21(38)14(34)11(18)31/h5-38H,1-4H2/t5-,6-,7-,8-,9-,10+,11-,12-,13-,14+,15-,16+,17+,18-,19-,20-,21?,22+,23+,24+/m1/s1. The Kier molecular flexibility index (Phi) is 12.8. The van der Waals surface area contributed by atoms with Gasteiger partial charge in [-0.1, -0.05) is 0 Å². The fraction of sp³-hybridized carbons (Fsp3) is 1.00. The Hall–Kier alpha value is -0.840. The minimum atomic E-state index is -2.02. The van der Waals surface area contributed by atoms with Crippen LogP contribution in [0.2, 0.25) is 0 Å². The lowest BCUT2D eigenvalue weighted by Gasteiger charge is -2.49. The molecule has 0 aromatic heterocycles. The van der Waals surface area contributed by atoms with Crippen LogP contribution in [0, 0.1) is 0 Å². The number of aliphatic hydroxyl groups is 14. The topological polar surface area (TPSA) is 348 Å². The van der Waals surface area contributed by atoms with E-state index in [4.69, 9.17) is 33.2 Å². The summed E-state index contributed by atoms with van der Waals surface area (Å²) < 4.78 is 37.7. The minimum absolute atomic E-state index is 0.784. The predicted octanol–water partition coefficient (Wildman–Crippen LogP) is -9.75. The van der Waals surface area contributed by atoms with Crippen LogP contribution in [0.1, 0.15) is 0 Å². The molecule has 4 heterocycles. The molecule has 0 aromatic carbocycles. The number of aliphatic hydroxyl groups excluding tert-OH is 14. The van der Waals surface area contributed by atoms with E-state index in [-0.39, 0.29) is 0 Å². The third kappa shape index (κ3) is 7.44. The van der Waals surface area contributed by atoms with Crippen molar-refractivity contribution in [3.63, 3.8) is 0 Å². The maximum atomic E-state index is 10.9. The molecule has 0 bridgehead atoms. The summed E-state index contributed by atoms with van der Waals surface area (Å²) in [5.41, 5.74) is 0. The van der Waals surface area contributed by atoms with Gasteiger partial charge in [0.05, 0.1) is 26.4 Å². The molecule has 1 unspecified atom stereocenters. The van der Waals surface area contributed by atoms with Crippen LogP contribution in [0.4, 0.5) is 0 Å². The molecule has 0 amide bonds. The normalized spacial score (nSPS) is 52.9. The Morgan fingerprint density at radius 2 is 0.644 bits per heavy atom. The van der Waals surface area contributed by atoms with Crippen molar-refractivity contribution in [2.24, 2.45) is 0 Å². The summed E-state index contributed by atoms with van der Waals surface area (Å²) in [6.07, 6.45) is -35.3. The van der Waals surface area contributed by atoms with Gasteiger partial charge in [0.1, 0.15) is 97.7 Å². The molecule has 21 heteroatoms. The molecule has 0 spiro atoms. The molecule has 4 aliphatic heterocycles. The molecule has 4 rings (SSSR count). The molecular weight excluding hydrogens is 624 g/mol. The quantitative estimate of drug-likeness (QED) is 0.103. The van der Waals surface area contributed by atoms with Crippen molar-refractivity contribution >= 4 is 0 Å². The molecule has 0 radical (unpaired) electrons. The van der Waals surface area contributed by atoms with Gasteiger partial charge in [-0.15, -0.1) is 0 Å². The average Bonchev–Trinajstić information content (AvgIpc) is 3.03. The lowest BCUT2D eigenvalue weighted by molar-refractivity contribution is -0.387. The first-order valence-electron chi connectivity index (χ1n) is 14.1. The molecule has 20 atom stereocenters. The van der Waals surface area contributed by atoms with Crippen LogP contribution < -0.4 is 0 Å². The maximum Gasteiger partial charge on any atom is 0.187 e. The summed E-state index contributed by atoms with van der Waals surface area (Å²) in [5.74, 6) is 0. The van der Waals surface area contributed by atoms with Gasteiger partial charge in [-0.2, -0.15) is 0 Å². The van der Waals surface area contributed by atoms with E-state index in [0.717, 1.165) is 0 Å². The largest absolute Gasteiger partial charge is 0.394 e. The Balaban J connectivity index is 1.43. The summed E-state index contributed by atoms with van der Waals surface area (Å²) in [7, 11) is 0. The highest BCUT2D eigenvalue weighted by atomic mass is 16.8. The smallest absolute Gasteiger partial charge is 0.187 e. The van der Waals surface area contributed by atoms with Crippen molar-refractivity contribution in [3.05, 3.63) is 0 Å². The molecule has 21 nitrogen and oxygen atoms in total. The fourth-order valence-electron chi connectivity index (χ4n) is 5.55. The summed E-state index contributed by atoms with van der Waals surface area (Å²) in [5, 5.41) is 142. The molecule has 4 fully saturated rings. The van der Waals surface area contributed by atoms with Crippen molar-refractivity contribution < 1.29 is 105 Å². The van der Waals surface area contributed by atoms with Gasteiger partial charge in [-0.25, -0.2) is 0 Å². The monoisotopic (exact) mass is 666 g/mol. The van der Waals surface area contributed by atoms with Crippen LogP contribution >= 0.6 is 0 Å². The first kappa shape index (κ1) is 37.0. The zero-order chi connectivity index (χ0) is 33.3. The molecule has 0 saturated carbocycles. The van der Waals surface area contributed by atoms with Crippen LogP contribution in [-0.2, 0) is 33.2 Å². The van der Waals surface area contributed by atoms with Crippen LogP contribution in [-0.4, -0.2) is 221 Å². The highest BCUT2D eigenvalue weighted by Crippen LogP contribution is 2.34. The van der Waals surface area contributed by atoms with Gasteiger partial charge >= 0.3 is 0 Å². The van der Waals surface area contributed by atoms with Gasteiger partial charge in [0.25, 0.3) is 0 Å². The second kappa shape index (κ2) is 15.6. The molecule has 14 N–H and O–H groups in total. The molecule has 4 saturated heterocycles. The number of rotatable bonds is 10. The van der Waals surface area contributed by atoms with Crippen LogP contribution in [0.5, 0.6) is 0 Å². The van der Waals surface area contributed by atoms with E-state index in [9.17, 15) is 71.5 Å². The lowest BCUT2D eigenvalue weighted by atomic mass is 9.95. The Labute approximate surface area is 254 Å². The lowest BCUT2D eigenvalue weighted by Crippen LogP contribution is -2.67. The first-order valence-corrected chi connectivity index (χ1v) is 14.1. The van der Waals surface area contributed by atoms with Gasteiger partial charge in [0.2, 0.25) is 0 Å². The van der Waals surface area contributed by atoms with E-state index >= 15 is 0 Å². The van der Waals surface area contributed by atoms with Gasteiger partial charge < -0.3 is 105 Å². The van der Waals surface area contributed by atoms with Crippen molar-refractivity contribution in [2.45, 2.75) is 123 Å². The van der Waals surface area contributed by atoms with Gasteiger partial charge in [-0.05, 0) is 0 Å². The summed E-state index contributed by atoms with van der Waals surface area (Å²) in [6.45, 7) is -3.39. The second-order valence-corrected chi connectivity index (χ2v) is 11.1. The van der Waals surface area contributed by atoms with E-state index in [1.165, 1.54) is 0 Å². The average molecular weight is 667 g/mol. The van der Waals surface area contributed by atoms with Crippen molar-refractivity contribution in [1.82, 2.24) is 0 Å². The van der Waals surface area contributed by atoms with Gasteiger partial charge in [0, 0.05) is 0 Å². The molecular formula is C24H42O21. The van der Waals surface area contributed by atoms with Crippen molar-refractivity contribution in [2.75, 3.05) is 26.4 Å². The van der Waals surface area contributed by atoms with Crippen molar-refractivity contribution in [1.29, 1.82) is 0 Å². The zero-order valence-corrected chi connectivity index (χ0v) is 23.5. The molecule has 45 heavy (non-hydrogen) atoms. The Morgan fingerprint density at radius 1 is 0.333 bits per heavy atom. The minimum Gasteiger partial charge on any atom is -0.394 e. The number of ether oxygens (including phenoxy) is 7. The SMILES string of the molecule is OC[C@H]1O[C@@H](O[C@H]2[C@H](O)[C@H](O)[C@H](O[C@H]3[C@H](O)[C@H](O)[C@H](O[C@H]4[C@H](O)[C@H](O)C(O)O[C@@H]4CO)O[C@@H]3CO)O[C@@H]2CO)[C@H](O)[C@@H](O)[C@@H]1O.